The Morgan fingerprint density at radius 1 is 1.38 bits per heavy atom. The van der Waals surface area contributed by atoms with E-state index in [-0.39, 0.29) is 0 Å². The molecule has 3 heteroatoms. The number of phenolic OH excluding ortho intramolecular Hbond substituents is 1. The van der Waals surface area contributed by atoms with Crippen LogP contribution in [0.4, 0.5) is 0 Å². The summed E-state index contributed by atoms with van der Waals surface area (Å²) in [6, 6.07) is 7.19. The van der Waals surface area contributed by atoms with Gasteiger partial charge in [0.1, 0.15) is 5.75 Å². The Hall–Kier alpha value is -1.06. The molecule has 0 bridgehead atoms. The van der Waals surface area contributed by atoms with Gasteiger partial charge in [-0.05, 0) is 36.6 Å². The number of hydrogen-bond donors (Lipinski definition) is 2. The quantitative estimate of drug-likeness (QED) is 0.819. The molecule has 88 valence electrons. The molecule has 1 aromatic carbocycles. The fraction of sp³-hybridized carbons (Fsp3) is 0.538. The SMILES string of the molecule is CC1CCNCC1OCc1ccc(O)cc1. The highest BCUT2D eigenvalue weighted by Crippen LogP contribution is 2.17. The van der Waals surface area contributed by atoms with Gasteiger partial charge in [-0.3, -0.25) is 0 Å². The van der Waals surface area contributed by atoms with E-state index in [1.54, 1.807) is 12.1 Å². The molecule has 0 saturated carbocycles. The van der Waals surface area contributed by atoms with Crippen molar-refractivity contribution in [1.82, 2.24) is 5.32 Å². The lowest BCUT2D eigenvalue weighted by molar-refractivity contribution is -0.00658. The van der Waals surface area contributed by atoms with Crippen LogP contribution in [-0.2, 0) is 11.3 Å². The van der Waals surface area contributed by atoms with Gasteiger partial charge < -0.3 is 15.2 Å². The lowest BCUT2D eigenvalue weighted by Crippen LogP contribution is -2.40. The van der Waals surface area contributed by atoms with E-state index in [9.17, 15) is 0 Å². The molecule has 16 heavy (non-hydrogen) atoms. The second-order valence-electron chi connectivity index (χ2n) is 4.49. The first-order valence-electron chi connectivity index (χ1n) is 5.86. The number of nitrogens with one attached hydrogen (secondary N) is 1. The Balaban J connectivity index is 1.84. The van der Waals surface area contributed by atoms with Gasteiger partial charge in [0.25, 0.3) is 0 Å². The third-order valence-electron chi connectivity index (χ3n) is 3.16. The maximum Gasteiger partial charge on any atom is 0.115 e. The highest BCUT2D eigenvalue weighted by molar-refractivity contribution is 5.25. The Morgan fingerprint density at radius 3 is 2.81 bits per heavy atom. The number of piperidine rings is 1. The molecule has 0 spiro atoms. The standard InChI is InChI=1S/C13H19NO2/c1-10-6-7-14-8-13(10)16-9-11-2-4-12(15)5-3-11/h2-5,10,13-15H,6-9H2,1H3. The summed E-state index contributed by atoms with van der Waals surface area (Å²) in [5, 5.41) is 12.5. The molecule has 0 aromatic heterocycles. The second-order valence-corrected chi connectivity index (χ2v) is 4.49. The predicted molar refractivity (Wildman–Crippen MR) is 63.3 cm³/mol. The Bertz CT molecular complexity index is 323. The molecule has 1 heterocycles. The van der Waals surface area contributed by atoms with Crippen molar-refractivity contribution in [2.24, 2.45) is 5.92 Å². The summed E-state index contributed by atoms with van der Waals surface area (Å²) in [6.45, 7) is 4.90. The largest absolute Gasteiger partial charge is 0.508 e. The van der Waals surface area contributed by atoms with E-state index in [0.29, 0.717) is 24.4 Å². The molecule has 0 amide bonds. The van der Waals surface area contributed by atoms with E-state index in [4.69, 9.17) is 9.84 Å². The molecule has 1 aliphatic heterocycles. The van der Waals surface area contributed by atoms with Crippen molar-refractivity contribution in [3.8, 4) is 5.75 Å². The van der Waals surface area contributed by atoms with Crippen LogP contribution >= 0.6 is 0 Å². The number of ether oxygens (including phenoxy) is 1. The van der Waals surface area contributed by atoms with E-state index in [2.05, 4.69) is 12.2 Å². The third kappa shape index (κ3) is 2.97. The van der Waals surface area contributed by atoms with Crippen LogP contribution in [0.25, 0.3) is 0 Å². The zero-order valence-corrected chi connectivity index (χ0v) is 9.65. The smallest absolute Gasteiger partial charge is 0.115 e. The molecule has 2 unspecified atom stereocenters. The van der Waals surface area contributed by atoms with Gasteiger partial charge in [0.05, 0.1) is 12.7 Å². The van der Waals surface area contributed by atoms with Crippen molar-refractivity contribution in [2.75, 3.05) is 13.1 Å². The molecular formula is C13H19NO2. The van der Waals surface area contributed by atoms with Crippen LogP contribution < -0.4 is 5.32 Å². The van der Waals surface area contributed by atoms with Crippen LogP contribution in [0.3, 0.4) is 0 Å². The molecule has 2 rings (SSSR count). The minimum atomic E-state index is 0.302. The van der Waals surface area contributed by atoms with Crippen LogP contribution in [0.2, 0.25) is 0 Å². The number of rotatable bonds is 3. The van der Waals surface area contributed by atoms with Gasteiger partial charge in [-0.15, -0.1) is 0 Å². The van der Waals surface area contributed by atoms with Crippen molar-refractivity contribution in [3.63, 3.8) is 0 Å². The maximum atomic E-state index is 9.16. The number of benzene rings is 1. The Labute approximate surface area is 96.4 Å². The number of phenols is 1. The summed E-state index contributed by atoms with van der Waals surface area (Å²) in [5.41, 5.74) is 1.11. The number of hydrogen-bond acceptors (Lipinski definition) is 3. The van der Waals surface area contributed by atoms with Crippen LogP contribution in [0.5, 0.6) is 5.75 Å². The van der Waals surface area contributed by atoms with Crippen LogP contribution in [0, 0.1) is 5.92 Å². The third-order valence-corrected chi connectivity index (χ3v) is 3.16. The highest BCUT2D eigenvalue weighted by Gasteiger charge is 2.21. The van der Waals surface area contributed by atoms with Gasteiger partial charge >= 0.3 is 0 Å². The van der Waals surface area contributed by atoms with E-state index in [1.165, 1.54) is 6.42 Å². The fourth-order valence-corrected chi connectivity index (χ4v) is 1.98. The van der Waals surface area contributed by atoms with Gasteiger partial charge in [0.2, 0.25) is 0 Å². The second kappa shape index (κ2) is 5.32. The van der Waals surface area contributed by atoms with Crippen molar-refractivity contribution < 1.29 is 9.84 Å². The molecule has 1 aromatic rings. The summed E-state index contributed by atoms with van der Waals surface area (Å²) in [7, 11) is 0. The van der Waals surface area contributed by atoms with Crippen molar-refractivity contribution in [1.29, 1.82) is 0 Å². The van der Waals surface area contributed by atoms with Gasteiger partial charge in [-0.25, -0.2) is 0 Å². The van der Waals surface area contributed by atoms with Crippen LogP contribution in [-0.4, -0.2) is 24.3 Å². The van der Waals surface area contributed by atoms with Gasteiger partial charge in [-0.1, -0.05) is 19.1 Å². The topological polar surface area (TPSA) is 41.5 Å². The zero-order valence-electron chi connectivity index (χ0n) is 9.65. The summed E-state index contributed by atoms with van der Waals surface area (Å²) in [5.74, 6) is 0.926. The first-order valence-corrected chi connectivity index (χ1v) is 5.86. The maximum absolute atomic E-state index is 9.16. The molecule has 0 aliphatic carbocycles. The molecule has 1 saturated heterocycles. The predicted octanol–water partition coefficient (Wildman–Crippen LogP) is 1.91. The van der Waals surface area contributed by atoms with Gasteiger partial charge in [0.15, 0.2) is 0 Å². The average molecular weight is 221 g/mol. The first-order chi connectivity index (χ1) is 7.75. The van der Waals surface area contributed by atoms with Gasteiger partial charge in [0, 0.05) is 6.54 Å². The van der Waals surface area contributed by atoms with E-state index in [1.807, 2.05) is 12.1 Å². The number of aromatic hydroxyl groups is 1. The summed E-state index contributed by atoms with van der Waals surface area (Å²) < 4.78 is 5.88. The van der Waals surface area contributed by atoms with E-state index in [0.717, 1.165) is 18.7 Å². The van der Waals surface area contributed by atoms with E-state index < -0.39 is 0 Å². The molecular weight excluding hydrogens is 202 g/mol. The lowest BCUT2D eigenvalue weighted by atomic mass is 9.97. The Morgan fingerprint density at radius 2 is 2.12 bits per heavy atom. The molecule has 2 atom stereocenters. The first kappa shape index (κ1) is 11.4. The minimum Gasteiger partial charge on any atom is -0.508 e. The normalized spacial score (nSPS) is 25.6. The van der Waals surface area contributed by atoms with Crippen LogP contribution in [0.1, 0.15) is 18.9 Å². The highest BCUT2D eigenvalue weighted by atomic mass is 16.5. The Kier molecular flexibility index (Phi) is 3.80. The van der Waals surface area contributed by atoms with Gasteiger partial charge in [-0.2, -0.15) is 0 Å². The molecule has 2 N–H and O–H groups in total. The average Bonchev–Trinajstić information content (AvgIpc) is 2.30. The summed E-state index contributed by atoms with van der Waals surface area (Å²) in [4.78, 5) is 0. The molecule has 1 aliphatic rings. The summed E-state index contributed by atoms with van der Waals surface area (Å²) in [6.07, 6.45) is 1.49. The fourth-order valence-electron chi connectivity index (χ4n) is 1.98. The zero-order chi connectivity index (χ0) is 11.4. The molecule has 1 fully saturated rings. The lowest BCUT2D eigenvalue weighted by Gasteiger charge is -2.29. The van der Waals surface area contributed by atoms with Crippen molar-refractivity contribution in [2.45, 2.75) is 26.1 Å². The molecule has 0 radical (unpaired) electrons. The van der Waals surface area contributed by atoms with Crippen molar-refractivity contribution in [3.05, 3.63) is 29.8 Å². The monoisotopic (exact) mass is 221 g/mol. The van der Waals surface area contributed by atoms with Crippen molar-refractivity contribution >= 4 is 0 Å². The molecule has 3 nitrogen and oxygen atoms in total. The minimum absolute atomic E-state index is 0.302. The summed E-state index contributed by atoms with van der Waals surface area (Å²) >= 11 is 0. The van der Waals surface area contributed by atoms with E-state index >= 15 is 0 Å². The van der Waals surface area contributed by atoms with Crippen LogP contribution in [0.15, 0.2) is 24.3 Å².